The van der Waals surface area contributed by atoms with Crippen LogP contribution in [-0.4, -0.2) is 36.8 Å². The van der Waals surface area contributed by atoms with Gasteiger partial charge in [-0.2, -0.15) is 4.31 Å². The van der Waals surface area contributed by atoms with Crippen LogP contribution in [-0.2, 0) is 34.1 Å². The van der Waals surface area contributed by atoms with Crippen LogP contribution in [0.3, 0.4) is 0 Å². The molecule has 34 heavy (non-hydrogen) atoms. The van der Waals surface area contributed by atoms with Crippen molar-refractivity contribution in [2.24, 2.45) is 0 Å². The first-order valence-corrected chi connectivity index (χ1v) is 13.2. The van der Waals surface area contributed by atoms with Crippen molar-refractivity contribution in [2.45, 2.75) is 58.4 Å². The molecule has 0 saturated heterocycles. The summed E-state index contributed by atoms with van der Waals surface area (Å²) in [5.41, 5.74) is 4.83. The molecule has 0 spiro atoms. The van der Waals surface area contributed by atoms with E-state index in [0.29, 0.717) is 24.2 Å². The van der Waals surface area contributed by atoms with E-state index in [4.69, 9.17) is 4.74 Å². The lowest BCUT2D eigenvalue weighted by Crippen LogP contribution is -2.33. The number of benzene rings is 2. The van der Waals surface area contributed by atoms with E-state index < -0.39 is 16.0 Å². The van der Waals surface area contributed by atoms with Crippen LogP contribution >= 0.6 is 0 Å². The predicted octanol–water partition coefficient (Wildman–Crippen LogP) is 5.19. The summed E-state index contributed by atoms with van der Waals surface area (Å²) in [6.07, 6.45) is 2.50. The molecule has 3 rings (SSSR count). The second-order valence-corrected chi connectivity index (χ2v) is 10.4. The molecule has 0 atom stereocenters. The highest BCUT2D eigenvalue weighted by molar-refractivity contribution is 7.89. The summed E-state index contributed by atoms with van der Waals surface area (Å²) in [7, 11) is -3.75. The zero-order valence-corrected chi connectivity index (χ0v) is 21.2. The van der Waals surface area contributed by atoms with Crippen LogP contribution in [0.1, 0.15) is 58.7 Å². The molecule has 0 bridgehead atoms. The molecule has 6 nitrogen and oxygen atoms in total. The van der Waals surface area contributed by atoms with Crippen molar-refractivity contribution in [1.82, 2.24) is 9.29 Å². The molecular formula is C27H34N2O4S. The fourth-order valence-corrected chi connectivity index (χ4v) is 5.47. The van der Waals surface area contributed by atoms with Gasteiger partial charge < -0.3 is 9.72 Å². The average molecular weight is 483 g/mol. The normalized spacial score (nSPS) is 11.7. The number of carbonyl (C=O) groups excluding carboxylic acids is 1. The van der Waals surface area contributed by atoms with Crippen molar-refractivity contribution in [2.75, 3.05) is 13.2 Å². The number of esters is 1. The van der Waals surface area contributed by atoms with E-state index in [1.165, 1.54) is 4.31 Å². The second-order valence-electron chi connectivity index (χ2n) is 8.42. The van der Waals surface area contributed by atoms with Gasteiger partial charge in [-0.15, -0.1) is 0 Å². The highest BCUT2D eigenvalue weighted by atomic mass is 32.2. The summed E-state index contributed by atoms with van der Waals surface area (Å²) >= 11 is 0. The number of nitrogens with zero attached hydrogens (tertiary/aromatic N) is 1. The average Bonchev–Trinajstić information content (AvgIpc) is 3.11. The van der Waals surface area contributed by atoms with Crippen LogP contribution in [0.5, 0.6) is 0 Å². The summed E-state index contributed by atoms with van der Waals surface area (Å²) in [5.74, 6) is -0.431. The second kappa shape index (κ2) is 11.5. The number of carbonyl (C=O) groups is 1. The Morgan fingerprint density at radius 2 is 1.59 bits per heavy atom. The SMILES string of the molecule is CCCc1ccc(S(=O)(=O)N(CCc2ccccc2)Cc2c(C)[nH]c(C(=O)OCC)c2C)cc1. The molecule has 0 fully saturated rings. The van der Waals surface area contributed by atoms with Gasteiger partial charge in [-0.25, -0.2) is 13.2 Å². The molecule has 1 N–H and O–H groups in total. The number of aromatic amines is 1. The largest absolute Gasteiger partial charge is 0.461 e. The number of H-pyrrole nitrogens is 1. The maximum Gasteiger partial charge on any atom is 0.355 e. The van der Waals surface area contributed by atoms with Gasteiger partial charge in [-0.1, -0.05) is 55.8 Å². The summed E-state index contributed by atoms with van der Waals surface area (Å²) in [4.78, 5) is 15.7. The van der Waals surface area contributed by atoms with Crippen molar-refractivity contribution >= 4 is 16.0 Å². The highest BCUT2D eigenvalue weighted by Gasteiger charge is 2.28. The lowest BCUT2D eigenvalue weighted by atomic mass is 10.1. The lowest BCUT2D eigenvalue weighted by molar-refractivity contribution is 0.0519. The number of hydrogen-bond acceptors (Lipinski definition) is 4. The topological polar surface area (TPSA) is 79.5 Å². The van der Waals surface area contributed by atoms with E-state index >= 15 is 0 Å². The third-order valence-corrected chi connectivity index (χ3v) is 7.86. The number of aromatic nitrogens is 1. The van der Waals surface area contributed by atoms with Gasteiger partial charge in [-0.05, 0) is 68.0 Å². The molecule has 0 aliphatic heterocycles. The van der Waals surface area contributed by atoms with Crippen molar-refractivity contribution in [3.63, 3.8) is 0 Å². The molecule has 1 aromatic heterocycles. The Hall–Kier alpha value is -2.90. The Morgan fingerprint density at radius 1 is 0.941 bits per heavy atom. The summed E-state index contributed by atoms with van der Waals surface area (Å²) in [5, 5.41) is 0. The molecule has 0 radical (unpaired) electrons. The van der Waals surface area contributed by atoms with Gasteiger partial charge in [0, 0.05) is 18.8 Å². The van der Waals surface area contributed by atoms with Crippen LogP contribution in [0, 0.1) is 13.8 Å². The Morgan fingerprint density at radius 3 is 2.21 bits per heavy atom. The number of ether oxygens (including phenoxy) is 1. The van der Waals surface area contributed by atoms with E-state index in [-0.39, 0.29) is 18.0 Å². The van der Waals surface area contributed by atoms with Gasteiger partial charge in [0.15, 0.2) is 0 Å². The van der Waals surface area contributed by atoms with Crippen molar-refractivity contribution in [3.8, 4) is 0 Å². The zero-order valence-electron chi connectivity index (χ0n) is 20.4. The monoisotopic (exact) mass is 482 g/mol. The lowest BCUT2D eigenvalue weighted by Gasteiger charge is -2.23. The van der Waals surface area contributed by atoms with Crippen LogP contribution < -0.4 is 0 Å². The van der Waals surface area contributed by atoms with Crippen LogP contribution in [0.15, 0.2) is 59.5 Å². The van der Waals surface area contributed by atoms with Crippen LogP contribution in [0.25, 0.3) is 0 Å². The van der Waals surface area contributed by atoms with E-state index in [1.807, 2.05) is 56.3 Å². The van der Waals surface area contributed by atoms with Gasteiger partial charge in [0.1, 0.15) is 5.69 Å². The van der Waals surface area contributed by atoms with Crippen molar-refractivity contribution < 1.29 is 17.9 Å². The molecule has 7 heteroatoms. The molecule has 0 aliphatic carbocycles. The van der Waals surface area contributed by atoms with Gasteiger partial charge in [0.25, 0.3) is 0 Å². The minimum atomic E-state index is -3.75. The van der Waals surface area contributed by atoms with Crippen molar-refractivity contribution in [1.29, 1.82) is 0 Å². The van der Waals surface area contributed by atoms with E-state index in [2.05, 4.69) is 11.9 Å². The number of nitrogens with one attached hydrogen (secondary N) is 1. The minimum absolute atomic E-state index is 0.166. The summed E-state index contributed by atoms with van der Waals surface area (Å²) in [6.45, 7) is 8.30. The first-order valence-electron chi connectivity index (χ1n) is 11.8. The Balaban J connectivity index is 1.95. The van der Waals surface area contributed by atoms with Gasteiger partial charge >= 0.3 is 5.97 Å². The van der Waals surface area contributed by atoms with Gasteiger partial charge in [0.05, 0.1) is 11.5 Å². The quantitative estimate of drug-likeness (QED) is 0.381. The molecule has 0 aliphatic rings. The fraction of sp³-hybridized carbons (Fsp3) is 0.370. The molecule has 3 aromatic rings. The smallest absolute Gasteiger partial charge is 0.355 e. The van der Waals surface area contributed by atoms with Gasteiger partial charge in [-0.3, -0.25) is 0 Å². The molecule has 0 unspecified atom stereocenters. The number of rotatable bonds is 11. The van der Waals surface area contributed by atoms with Crippen LogP contribution in [0.4, 0.5) is 0 Å². The van der Waals surface area contributed by atoms with Gasteiger partial charge in [0.2, 0.25) is 10.0 Å². The van der Waals surface area contributed by atoms with E-state index in [0.717, 1.165) is 35.2 Å². The van der Waals surface area contributed by atoms with E-state index in [9.17, 15) is 13.2 Å². The van der Waals surface area contributed by atoms with E-state index in [1.54, 1.807) is 19.1 Å². The predicted molar refractivity (Wildman–Crippen MR) is 134 cm³/mol. The third-order valence-electron chi connectivity index (χ3n) is 6.00. The number of hydrogen-bond donors (Lipinski definition) is 1. The Labute approximate surface area is 203 Å². The standard InChI is InChI=1S/C27H34N2O4S/c1-5-10-22-13-15-24(16-14-22)34(31,32)29(18-17-23-11-8-7-9-12-23)19-25-20(3)26(28-21(25)4)27(30)33-6-2/h7-9,11-16,28H,5-6,10,17-19H2,1-4H3. The maximum absolute atomic E-state index is 13.7. The fourth-order valence-electron chi connectivity index (χ4n) is 4.06. The highest BCUT2D eigenvalue weighted by Crippen LogP contribution is 2.25. The summed E-state index contributed by atoms with van der Waals surface area (Å²) < 4.78 is 34.1. The molecular weight excluding hydrogens is 448 g/mol. The van der Waals surface area contributed by atoms with Crippen molar-refractivity contribution in [3.05, 3.63) is 88.2 Å². The first-order chi connectivity index (χ1) is 16.3. The van der Waals surface area contributed by atoms with Crippen LogP contribution in [0.2, 0.25) is 0 Å². The zero-order chi connectivity index (χ0) is 24.7. The molecule has 0 amide bonds. The molecule has 182 valence electrons. The third kappa shape index (κ3) is 5.96. The Bertz CT molecular complexity index is 1200. The number of aryl methyl sites for hydroxylation is 2. The maximum atomic E-state index is 13.7. The first kappa shape index (κ1) is 25.7. The minimum Gasteiger partial charge on any atom is -0.461 e. The molecule has 2 aromatic carbocycles. The number of sulfonamides is 1. The molecule has 1 heterocycles. The molecule has 0 saturated carbocycles. The summed E-state index contributed by atoms with van der Waals surface area (Å²) in [6, 6.07) is 17.0. The Kier molecular flexibility index (Phi) is 8.69.